The van der Waals surface area contributed by atoms with Gasteiger partial charge in [0.05, 0.1) is 31.5 Å². The lowest BCUT2D eigenvalue weighted by molar-refractivity contribution is 0.276. The van der Waals surface area contributed by atoms with E-state index in [1.165, 1.54) is 26.4 Å². The Morgan fingerprint density at radius 3 is 2.12 bits per heavy atom. The van der Waals surface area contributed by atoms with E-state index in [1.54, 1.807) is 6.92 Å². The molecule has 0 bridgehead atoms. The van der Waals surface area contributed by atoms with Crippen molar-refractivity contribution in [2.24, 2.45) is 0 Å². The summed E-state index contributed by atoms with van der Waals surface area (Å²) >= 11 is 0. The minimum absolute atomic E-state index is 0.0323. The zero-order chi connectivity index (χ0) is 13.1. The number of benzene rings is 1. The van der Waals surface area contributed by atoms with Gasteiger partial charge < -0.3 is 14.6 Å². The molecule has 5 nitrogen and oxygen atoms in total. The third-order valence-electron chi connectivity index (χ3n) is 2.45. The lowest BCUT2D eigenvalue weighted by Gasteiger charge is -2.13. The minimum atomic E-state index is -3.39. The summed E-state index contributed by atoms with van der Waals surface area (Å²) in [6.07, 6.45) is 0. The van der Waals surface area contributed by atoms with Crippen LogP contribution in [0.15, 0.2) is 17.0 Å². The third kappa shape index (κ3) is 2.70. The molecule has 96 valence electrons. The Hall–Kier alpha value is -1.27. The Morgan fingerprint density at radius 2 is 1.71 bits per heavy atom. The first-order chi connectivity index (χ1) is 8.00. The third-order valence-corrected chi connectivity index (χ3v) is 4.26. The maximum absolute atomic E-state index is 11.8. The second-order valence-electron chi connectivity index (χ2n) is 3.38. The summed E-state index contributed by atoms with van der Waals surface area (Å²) in [5, 5.41) is 9.20. The van der Waals surface area contributed by atoms with E-state index in [4.69, 9.17) is 9.47 Å². The van der Waals surface area contributed by atoms with E-state index in [2.05, 4.69) is 0 Å². The molecule has 0 unspecified atom stereocenters. The van der Waals surface area contributed by atoms with Crippen LogP contribution in [-0.4, -0.2) is 33.5 Å². The van der Waals surface area contributed by atoms with Crippen molar-refractivity contribution in [3.63, 3.8) is 0 Å². The highest BCUT2D eigenvalue weighted by Gasteiger charge is 2.20. The first kappa shape index (κ1) is 13.8. The van der Waals surface area contributed by atoms with Gasteiger partial charge >= 0.3 is 0 Å². The van der Waals surface area contributed by atoms with Crippen LogP contribution in [-0.2, 0) is 16.4 Å². The van der Waals surface area contributed by atoms with Crippen molar-refractivity contribution in [3.05, 3.63) is 17.7 Å². The lowest BCUT2D eigenvalue weighted by atomic mass is 10.2. The van der Waals surface area contributed by atoms with Crippen LogP contribution in [0, 0.1) is 0 Å². The number of hydrogen-bond donors (Lipinski definition) is 1. The molecule has 0 fully saturated rings. The molecule has 0 aromatic heterocycles. The molecular formula is C11H16O5S. The van der Waals surface area contributed by atoms with E-state index in [9.17, 15) is 13.5 Å². The Kier molecular flexibility index (Phi) is 4.36. The molecule has 1 N–H and O–H groups in total. The van der Waals surface area contributed by atoms with Gasteiger partial charge in [-0.05, 0) is 11.6 Å². The average molecular weight is 260 g/mol. The number of rotatable bonds is 5. The zero-order valence-electron chi connectivity index (χ0n) is 10.1. The fourth-order valence-electron chi connectivity index (χ4n) is 1.47. The summed E-state index contributed by atoms with van der Waals surface area (Å²) in [6.45, 7) is 1.18. The summed E-state index contributed by atoms with van der Waals surface area (Å²) in [7, 11) is -0.513. The molecule has 0 atom stereocenters. The van der Waals surface area contributed by atoms with Crippen molar-refractivity contribution in [2.45, 2.75) is 18.4 Å². The number of aliphatic hydroxyl groups excluding tert-OH is 1. The van der Waals surface area contributed by atoms with Gasteiger partial charge in [0, 0.05) is 6.07 Å². The molecule has 0 aliphatic rings. The highest BCUT2D eigenvalue weighted by Crippen LogP contribution is 2.33. The van der Waals surface area contributed by atoms with Crippen LogP contribution >= 0.6 is 0 Å². The van der Waals surface area contributed by atoms with Crippen LogP contribution in [0.5, 0.6) is 11.5 Å². The van der Waals surface area contributed by atoms with Gasteiger partial charge in [0.15, 0.2) is 21.3 Å². The van der Waals surface area contributed by atoms with Crippen molar-refractivity contribution in [1.82, 2.24) is 0 Å². The molecule has 0 saturated heterocycles. The lowest BCUT2D eigenvalue weighted by Crippen LogP contribution is -2.08. The minimum Gasteiger partial charge on any atom is -0.493 e. The number of aliphatic hydroxyl groups is 1. The summed E-state index contributed by atoms with van der Waals surface area (Å²) in [5.41, 5.74) is 0.310. The predicted octanol–water partition coefficient (Wildman–Crippen LogP) is 0.990. The Morgan fingerprint density at radius 1 is 1.18 bits per heavy atom. The van der Waals surface area contributed by atoms with E-state index in [0.29, 0.717) is 17.1 Å². The van der Waals surface area contributed by atoms with Crippen LogP contribution < -0.4 is 9.47 Å². The van der Waals surface area contributed by atoms with Crippen molar-refractivity contribution < 1.29 is 23.0 Å². The average Bonchev–Trinajstić information content (AvgIpc) is 2.36. The zero-order valence-corrected chi connectivity index (χ0v) is 10.9. The van der Waals surface area contributed by atoms with Crippen molar-refractivity contribution >= 4 is 9.84 Å². The molecule has 0 amide bonds. The van der Waals surface area contributed by atoms with Gasteiger partial charge in [0.25, 0.3) is 0 Å². The van der Waals surface area contributed by atoms with Gasteiger partial charge in [-0.25, -0.2) is 8.42 Å². The summed E-state index contributed by atoms with van der Waals surface area (Å²) < 4.78 is 33.8. The van der Waals surface area contributed by atoms with E-state index in [0.717, 1.165) is 0 Å². The molecule has 1 aromatic carbocycles. The Balaban J connectivity index is 3.50. The van der Waals surface area contributed by atoms with Crippen LogP contribution in [0.1, 0.15) is 12.5 Å². The summed E-state index contributed by atoms with van der Waals surface area (Å²) in [6, 6.07) is 2.85. The standard InChI is InChI=1S/C11H16O5S/c1-4-17(13,14)11-6-10(16-3)9(15-2)5-8(11)7-12/h5-6,12H,4,7H2,1-3H3. The smallest absolute Gasteiger partial charge is 0.178 e. The molecule has 0 saturated carbocycles. The maximum atomic E-state index is 11.8. The van der Waals surface area contributed by atoms with E-state index in [1.807, 2.05) is 0 Å². The van der Waals surface area contributed by atoms with Gasteiger partial charge in [-0.15, -0.1) is 0 Å². The topological polar surface area (TPSA) is 72.8 Å². The second kappa shape index (κ2) is 5.37. The molecule has 0 heterocycles. The van der Waals surface area contributed by atoms with Gasteiger partial charge in [-0.2, -0.15) is 0 Å². The van der Waals surface area contributed by atoms with E-state index >= 15 is 0 Å². The molecule has 17 heavy (non-hydrogen) atoms. The fourth-order valence-corrected chi connectivity index (χ4v) is 2.59. The van der Waals surface area contributed by atoms with Crippen molar-refractivity contribution in [1.29, 1.82) is 0 Å². The van der Waals surface area contributed by atoms with Crippen molar-refractivity contribution in [2.75, 3.05) is 20.0 Å². The summed E-state index contributed by atoms with van der Waals surface area (Å²) in [5.74, 6) is 0.693. The van der Waals surface area contributed by atoms with E-state index in [-0.39, 0.29) is 17.3 Å². The number of sulfone groups is 1. The van der Waals surface area contributed by atoms with Crippen LogP contribution in [0.3, 0.4) is 0 Å². The van der Waals surface area contributed by atoms with Gasteiger partial charge in [0.2, 0.25) is 0 Å². The van der Waals surface area contributed by atoms with Crippen molar-refractivity contribution in [3.8, 4) is 11.5 Å². The predicted molar refractivity (Wildman–Crippen MR) is 63.2 cm³/mol. The molecule has 6 heteroatoms. The highest BCUT2D eigenvalue weighted by atomic mass is 32.2. The second-order valence-corrected chi connectivity index (χ2v) is 5.62. The highest BCUT2D eigenvalue weighted by molar-refractivity contribution is 7.91. The quantitative estimate of drug-likeness (QED) is 0.854. The Bertz CT molecular complexity index is 493. The largest absolute Gasteiger partial charge is 0.493 e. The fraction of sp³-hybridized carbons (Fsp3) is 0.455. The molecule has 1 rings (SSSR count). The Labute approximate surface area is 101 Å². The van der Waals surface area contributed by atoms with Gasteiger partial charge in [-0.1, -0.05) is 6.92 Å². The molecule has 0 aliphatic carbocycles. The van der Waals surface area contributed by atoms with Gasteiger partial charge in [-0.3, -0.25) is 0 Å². The monoisotopic (exact) mass is 260 g/mol. The van der Waals surface area contributed by atoms with Crippen LogP contribution in [0.4, 0.5) is 0 Å². The molecular weight excluding hydrogens is 244 g/mol. The maximum Gasteiger partial charge on any atom is 0.178 e. The number of ether oxygens (including phenoxy) is 2. The van der Waals surface area contributed by atoms with Crippen LogP contribution in [0.25, 0.3) is 0 Å². The molecule has 0 spiro atoms. The SMILES string of the molecule is CCS(=O)(=O)c1cc(OC)c(OC)cc1CO. The first-order valence-electron chi connectivity index (χ1n) is 5.08. The number of hydrogen-bond acceptors (Lipinski definition) is 5. The van der Waals surface area contributed by atoms with E-state index < -0.39 is 9.84 Å². The molecule has 1 aromatic rings. The number of methoxy groups -OCH3 is 2. The summed E-state index contributed by atoms with van der Waals surface area (Å²) in [4.78, 5) is 0.0835. The molecule has 0 radical (unpaired) electrons. The van der Waals surface area contributed by atoms with Crippen LogP contribution in [0.2, 0.25) is 0 Å². The molecule has 0 aliphatic heterocycles. The first-order valence-corrected chi connectivity index (χ1v) is 6.73. The normalized spacial score (nSPS) is 11.3. The van der Waals surface area contributed by atoms with Gasteiger partial charge in [0.1, 0.15) is 0 Å².